The lowest BCUT2D eigenvalue weighted by atomic mass is 9.75. The molecular weight excluding hydrogens is 247 g/mol. The molecule has 1 unspecified atom stereocenters. The van der Waals surface area contributed by atoms with E-state index in [9.17, 15) is 4.39 Å². The van der Waals surface area contributed by atoms with E-state index in [-0.39, 0.29) is 5.82 Å². The van der Waals surface area contributed by atoms with Crippen molar-refractivity contribution in [3.8, 4) is 0 Å². The number of unbranched alkanes of at least 4 members (excludes halogenated alkanes) is 1. The first-order valence-electron chi connectivity index (χ1n) is 8.44. The highest BCUT2D eigenvalue weighted by Gasteiger charge is 2.23. The van der Waals surface area contributed by atoms with Crippen LogP contribution in [0, 0.1) is 17.7 Å². The minimum Gasteiger partial charge on any atom is -0.207 e. The van der Waals surface area contributed by atoms with Gasteiger partial charge in [-0.3, -0.25) is 0 Å². The van der Waals surface area contributed by atoms with Gasteiger partial charge in [-0.05, 0) is 67.6 Å². The second-order valence-electron chi connectivity index (χ2n) is 6.75. The van der Waals surface area contributed by atoms with E-state index in [1.807, 2.05) is 12.1 Å². The smallest absolute Gasteiger partial charge is 0.123 e. The van der Waals surface area contributed by atoms with Gasteiger partial charge in [0.25, 0.3) is 0 Å². The van der Waals surface area contributed by atoms with Crippen molar-refractivity contribution >= 4 is 0 Å². The molecule has 1 aromatic carbocycles. The van der Waals surface area contributed by atoms with Gasteiger partial charge >= 0.3 is 0 Å². The first-order chi connectivity index (χ1) is 9.69. The van der Waals surface area contributed by atoms with Crippen LogP contribution in [0.5, 0.6) is 0 Å². The Hall–Kier alpha value is -0.850. The zero-order valence-corrected chi connectivity index (χ0v) is 13.1. The van der Waals surface area contributed by atoms with E-state index in [0.717, 1.165) is 11.8 Å². The molecule has 0 aliphatic heterocycles. The molecular formula is C19H29F. The zero-order chi connectivity index (χ0) is 14.4. The van der Waals surface area contributed by atoms with Gasteiger partial charge in [-0.25, -0.2) is 4.39 Å². The first kappa shape index (κ1) is 15.5. The fourth-order valence-corrected chi connectivity index (χ4v) is 3.71. The molecule has 1 aliphatic rings. The van der Waals surface area contributed by atoms with Gasteiger partial charge in [0.05, 0.1) is 0 Å². The molecule has 0 N–H and O–H groups in total. The average molecular weight is 276 g/mol. The first-order valence-corrected chi connectivity index (χ1v) is 8.44. The van der Waals surface area contributed by atoms with Crippen molar-refractivity contribution in [2.75, 3.05) is 0 Å². The number of hydrogen-bond acceptors (Lipinski definition) is 0. The van der Waals surface area contributed by atoms with E-state index in [1.54, 1.807) is 12.1 Å². The Labute approximate surface area is 123 Å². The van der Waals surface area contributed by atoms with Crippen LogP contribution in [0.4, 0.5) is 4.39 Å². The normalized spacial score (nSPS) is 24.6. The number of hydrogen-bond donors (Lipinski definition) is 0. The van der Waals surface area contributed by atoms with Crippen molar-refractivity contribution in [3.63, 3.8) is 0 Å². The molecule has 1 heteroatoms. The van der Waals surface area contributed by atoms with Crippen LogP contribution in [0.15, 0.2) is 24.3 Å². The Kier molecular flexibility index (Phi) is 6.06. The Balaban J connectivity index is 1.76. The second-order valence-corrected chi connectivity index (χ2v) is 6.75. The molecule has 1 atom stereocenters. The third-order valence-corrected chi connectivity index (χ3v) is 4.97. The molecule has 0 amide bonds. The van der Waals surface area contributed by atoms with Crippen LogP contribution in [0.3, 0.4) is 0 Å². The molecule has 1 saturated carbocycles. The highest BCUT2D eigenvalue weighted by Crippen LogP contribution is 2.38. The van der Waals surface area contributed by atoms with E-state index < -0.39 is 0 Å². The van der Waals surface area contributed by atoms with Crippen LogP contribution in [0.1, 0.15) is 76.7 Å². The van der Waals surface area contributed by atoms with E-state index in [0.29, 0.717) is 5.92 Å². The molecule has 0 spiro atoms. The summed E-state index contributed by atoms with van der Waals surface area (Å²) in [5.41, 5.74) is 1.34. The third-order valence-electron chi connectivity index (χ3n) is 4.97. The maximum Gasteiger partial charge on any atom is 0.123 e. The minimum atomic E-state index is -0.118. The molecule has 1 aliphatic carbocycles. The predicted octanol–water partition coefficient (Wildman–Crippen LogP) is 6.32. The zero-order valence-electron chi connectivity index (χ0n) is 13.1. The second kappa shape index (κ2) is 7.81. The molecule has 2 rings (SSSR count). The van der Waals surface area contributed by atoms with Crippen molar-refractivity contribution in [1.82, 2.24) is 0 Å². The van der Waals surface area contributed by atoms with Crippen LogP contribution in [-0.2, 0) is 0 Å². The third kappa shape index (κ3) is 4.61. The summed E-state index contributed by atoms with van der Waals surface area (Å²) < 4.78 is 13.0. The number of halogens is 1. The lowest BCUT2D eigenvalue weighted by molar-refractivity contribution is 0.268. The minimum absolute atomic E-state index is 0.118. The van der Waals surface area contributed by atoms with E-state index in [1.165, 1.54) is 56.9 Å². The maximum atomic E-state index is 13.0. The van der Waals surface area contributed by atoms with Gasteiger partial charge in [0.15, 0.2) is 0 Å². The van der Waals surface area contributed by atoms with Gasteiger partial charge < -0.3 is 0 Å². The van der Waals surface area contributed by atoms with E-state index in [2.05, 4.69) is 13.8 Å². The van der Waals surface area contributed by atoms with Gasteiger partial charge in [-0.2, -0.15) is 0 Å². The summed E-state index contributed by atoms with van der Waals surface area (Å²) in [6.07, 6.45) is 10.8. The molecule has 1 aromatic rings. The van der Waals surface area contributed by atoms with Crippen LogP contribution in [0.25, 0.3) is 0 Å². The lowest BCUT2D eigenvalue weighted by Crippen LogP contribution is -2.15. The molecule has 1 fully saturated rings. The number of benzene rings is 1. The average Bonchev–Trinajstić information content (AvgIpc) is 2.47. The summed E-state index contributed by atoms with van der Waals surface area (Å²) in [4.78, 5) is 0. The summed E-state index contributed by atoms with van der Waals surface area (Å²) in [7, 11) is 0. The summed E-state index contributed by atoms with van der Waals surface area (Å²) in [5, 5.41) is 0. The van der Waals surface area contributed by atoms with Gasteiger partial charge in [0.2, 0.25) is 0 Å². The fourth-order valence-electron chi connectivity index (χ4n) is 3.71. The fraction of sp³-hybridized carbons (Fsp3) is 0.684. The molecule has 112 valence electrons. The van der Waals surface area contributed by atoms with Crippen LogP contribution < -0.4 is 0 Å². The Morgan fingerprint density at radius 2 is 1.75 bits per heavy atom. The lowest BCUT2D eigenvalue weighted by Gasteiger charge is -2.30. The standard InChI is InChI=1S/C19H29F/c1-3-4-5-15(2)14-16-6-8-17(9-7-16)18-10-12-19(20)13-11-18/h10-13,15-17H,3-9,14H2,1-2H3/t15?,16-,17-. The predicted molar refractivity (Wildman–Crippen MR) is 84.4 cm³/mol. The Morgan fingerprint density at radius 1 is 1.10 bits per heavy atom. The maximum absolute atomic E-state index is 13.0. The molecule has 0 nitrogen and oxygen atoms in total. The van der Waals surface area contributed by atoms with Crippen molar-refractivity contribution in [1.29, 1.82) is 0 Å². The molecule has 0 bridgehead atoms. The van der Waals surface area contributed by atoms with Crippen molar-refractivity contribution < 1.29 is 4.39 Å². The van der Waals surface area contributed by atoms with Gasteiger partial charge in [0, 0.05) is 0 Å². The van der Waals surface area contributed by atoms with Crippen LogP contribution in [-0.4, -0.2) is 0 Å². The van der Waals surface area contributed by atoms with Crippen molar-refractivity contribution in [2.24, 2.45) is 11.8 Å². The molecule has 0 radical (unpaired) electrons. The van der Waals surface area contributed by atoms with Gasteiger partial charge in [0.1, 0.15) is 5.82 Å². The van der Waals surface area contributed by atoms with Gasteiger partial charge in [-0.15, -0.1) is 0 Å². The SMILES string of the molecule is CCCCC(C)C[C@H]1CC[C@H](c2ccc(F)cc2)CC1. The number of rotatable bonds is 6. The molecule has 20 heavy (non-hydrogen) atoms. The highest BCUT2D eigenvalue weighted by atomic mass is 19.1. The summed E-state index contributed by atoms with van der Waals surface area (Å²) >= 11 is 0. The Morgan fingerprint density at radius 3 is 2.35 bits per heavy atom. The summed E-state index contributed by atoms with van der Waals surface area (Å²) in [5.74, 6) is 2.37. The topological polar surface area (TPSA) is 0 Å². The molecule has 0 heterocycles. The van der Waals surface area contributed by atoms with E-state index >= 15 is 0 Å². The largest absolute Gasteiger partial charge is 0.207 e. The summed E-state index contributed by atoms with van der Waals surface area (Å²) in [6, 6.07) is 7.16. The van der Waals surface area contributed by atoms with E-state index in [4.69, 9.17) is 0 Å². The highest BCUT2D eigenvalue weighted by molar-refractivity contribution is 5.20. The van der Waals surface area contributed by atoms with Crippen LogP contribution >= 0.6 is 0 Å². The molecule has 0 aromatic heterocycles. The van der Waals surface area contributed by atoms with Gasteiger partial charge in [-0.1, -0.05) is 45.2 Å². The van der Waals surface area contributed by atoms with Crippen LogP contribution in [0.2, 0.25) is 0 Å². The molecule has 0 saturated heterocycles. The summed E-state index contributed by atoms with van der Waals surface area (Å²) in [6.45, 7) is 4.70. The van der Waals surface area contributed by atoms with Crippen molar-refractivity contribution in [3.05, 3.63) is 35.6 Å². The quantitative estimate of drug-likeness (QED) is 0.570. The monoisotopic (exact) mass is 276 g/mol. The van der Waals surface area contributed by atoms with Crippen molar-refractivity contribution in [2.45, 2.75) is 71.1 Å². The Bertz CT molecular complexity index is 373.